The second-order valence-electron chi connectivity index (χ2n) is 11.5. The molecule has 1 aliphatic rings. The molecule has 1 aromatic carbocycles. The van der Waals surface area contributed by atoms with E-state index in [0.717, 1.165) is 31.2 Å². The molecule has 1 aromatic rings. The maximum Gasteiger partial charge on any atom is 0.407 e. The molecular weight excluding hydrogens is 562 g/mol. The molecule has 2 atom stereocenters. The summed E-state index contributed by atoms with van der Waals surface area (Å²) in [5.74, 6) is -1.58. The number of allylic oxidation sites excluding steroid dienone is 2. The molecule has 0 spiro atoms. The van der Waals surface area contributed by atoms with Gasteiger partial charge in [0.15, 0.2) is 0 Å². The first-order valence-corrected chi connectivity index (χ1v) is 15.8. The van der Waals surface area contributed by atoms with Crippen LogP contribution in [0, 0.1) is 5.92 Å². The number of hydrogen-bond donors (Lipinski definition) is 4. The summed E-state index contributed by atoms with van der Waals surface area (Å²) in [4.78, 5) is 50.5. The molecule has 0 heterocycles. The van der Waals surface area contributed by atoms with Crippen LogP contribution in [0.25, 0.3) is 0 Å². The minimum Gasteiger partial charge on any atom is -0.463 e. The van der Waals surface area contributed by atoms with E-state index in [1.54, 1.807) is 6.08 Å². The topological polar surface area (TPSA) is 143 Å². The van der Waals surface area contributed by atoms with Crippen LogP contribution in [-0.4, -0.2) is 60.3 Å². The largest absolute Gasteiger partial charge is 0.463 e. The Bertz CT molecular complexity index is 1040. The van der Waals surface area contributed by atoms with Crippen molar-refractivity contribution in [3.05, 3.63) is 61.2 Å². The van der Waals surface area contributed by atoms with E-state index in [1.807, 2.05) is 36.4 Å². The van der Waals surface area contributed by atoms with Gasteiger partial charge in [-0.1, -0.05) is 55.3 Å². The van der Waals surface area contributed by atoms with Crippen molar-refractivity contribution in [2.24, 2.45) is 5.92 Å². The lowest BCUT2D eigenvalue weighted by Gasteiger charge is -2.29. The smallest absolute Gasteiger partial charge is 0.407 e. The highest BCUT2D eigenvalue weighted by atomic mass is 16.5. The van der Waals surface area contributed by atoms with E-state index in [1.165, 1.54) is 0 Å². The maximum absolute atomic E-state index is 13.3. The third-order valence-electron chi connectivity index (χ3n) is 7.81. The maximum atomic E-state index is 13.3. The highest BCUT2D eigenvalue weighted by molar-refractivity contribution is 5.86. The predicted octanol–water partition coefficient (Wildman–Crippen LogP) is 4.86. The van der Waals surface area contributed by atoms with Crippen LogP contribution in [0.5, 0.6) is 0 Å². The lowest BCUT2D eigenvalue weighted by atomic mass is 9.95. The average Bonchev–Trinajstić information content (AvgIpc) is 3.49. The molecule has 10 nitrogen and oxygen atoms in total. The van der Waals surface area contributed by atoms with Crippen molar-refractivity contribution in [3.63, 3.8) is 0 Å². The van der Waals surface area contributed by atoms with E-state index < -0.39 is 23.6 Å². The van der Waals surface area contributed by atoms with Gasteiger partial charge in [-0.2, -0.15) is 0 Å². The quantitative estimate of drug-likeness (QED) is 0.0831. The van der Waals surface area contributed by atoms with Crippen LogP contribution >= 0.6 is 0 Å². The van der Waals surface area contributed by atoms with Gasteiger partial charge in [0.05, 0.1) is 24.1 Å². The summed E-state index contributed by atoms with van der Waals surface area (Å²) in [7, 11) is 0. The van der Waals surface area contributed by atoms with Crippen molar-refractivity contribution in [1.29, 1.82) is 0 Å². The summed E-state index contributed by atoms with van der Waals surface area (Å²) < 4.78 is 10.7. The van der Waals surface area contributed by atoms with Crippen LogP contribution in [0.15, 0.2) is 55.6 Å². The molecule has 4 N–H and O–H groups in total. The molecule has 44 heavy (non-hydrogen) atoms. The van der Waals surface area contributed by atoms with Crippen LogP contribution in [-0.2, 0) is 30.5 Å². The summed E-state index contributed by atoms with van der Waals surface area (Å²) in [6.45, 7) is 7.90. The van der Waals surface area contributed by atoms with Gasteiger partial charge < -0.3 is 30.5 Å². The molecule has 0 aliphatic heterocycles. The summed E-state index contributed by atoms with van der Waals surface area (Å²) >= 11 is 0. The van der Waals surface area contributed by atoms with Crippen LogP contribution in [0.3, 0.4) is 0 Å². The van der Waals surface area contributed by atoms with Gasteiger partial charge in [-0.15, -0.1) is 13.2 Å². The molecule has 0 aromatic heterocycles. The van der Waals surface area contributed by atoms with E-state index in [0.29, 0.717) is 51.5 Å². The number of rotatable bonds is 22. The van der Waals surface area contributed by atoms with Crippen LogP contribution in [0.1, 0.15) is 89.0 Å². The van der Waals surface area contributed by atoms with Crippen molar-refractivity contribution < 1.29 is 33.8 Å². The number of hydrogen-bond acceptors (Lipinski definition) is 7. The Morgan fingerprint density at radius 3 is 2.41 bits per heavy atom. The molecule has 0 bridgehead atoms. The monoisotopic (exact) mass is 613 g/mol. The summed E-state index contributed by atoms with van der Waals surface area (Å²) in [5.41, 5.74) is 0.284. The second kappa shape index (κ2) is 21.1. The summed E-state index contributed by atoms with van der Waals surface area (Å²) in [6.07, 6.45) is 10.9. The molecule has 1 fully saturated rings. The van der Waals surface area contributed by atoms with E-state index in [9.17, 15) is 24.3 Å². The van der Waals surface area contributed by atoms with Crippen molar-refractivity contribution in [2.45, 2.75) is 102 Å². The molecule has 10 heteroatoms. The van der Waals surface area contributed by atoms with Gasteiger partial charge in [0.2, 0.25) is 11.8 Å². The minimum atomic E-state index is -0.650. The van der Waals surface area contributed by atoms with Crippen molar-refractivity contribution in [2.75, 3.05) is 19.8 Å². The highest BCUT2D eigenvalue weighted by Crippen LogP contribution is 2.29. The van der Waals surface area contributed by atoms with Gasteiger partial charge >= 0.3 is 12.1 Å². The van der Waals surface area contributed by atoms with E-state index >= 15 is 0 Å². The molecule has 3 amide bonds. The zero-order valence-corrected chi connectivity index (χ0v) is 26.0. The Morgan fingerprint density at radius 2 is 1.73 bits per heavy atom. The number of ether oxygens (including phenoxy) is 2. The number of nitrogens with one attached hydrogen (secondary N) is 3. The number of carbonyl (C=O) groups excluding carboxylic acids is 4. The Hall–Kier alpha value is -3.66. The summed E-state index contributed by atoms with van der Waals surface area (Å²) in [6, 6.07) is 8.95. The fourth-order valence-electron chi connectivity index (χ4n) is 5.25. The molecule has 1 saturated carbocycles. The molecule has 0 radical (unpaired) electrons. The first kappa shape index (κ1) is 36.5. The molecule has 1 aliphatic carbocycles. The Kier molecular flexibility index (Phi) is 17.5. The van der Waals surface area contributed by atoms with Gasteiger partial charge in [0.25, 0.3) is 0 Å². The van der Waals surface area contributed by atoms with Gasteiger partial charge in [-0.25, -0.2) is 4.79 Å². The lowest BCUT2D eigenvalue weighted by Crippen LogP contribution is -2.50. The van der Waals surface area contributed by atoms with Gasteiger partial charge in [0, 0.05) is 19.4 Å². The number of amides is 3. The predicted molar refractivity (Wildman–Crippen MR) is 169 cm³/mol. The van der Waals surface area contributed by atoms with E-state index in [-0.39, 0.29) is 50.4 Å². The zero-order valence-electron chi connectivity index (χ0n) is 26.0. The van der Waals surface area contributed by atoms with Gasteiger partial charge in [0.1, 0.15) is 13.2 Å². The number of aliphatic hydroxyl groups excluding tert-OH is 1. The SMILES string of the molecule is C=CCCCCC(=O)OCC(CCCCNC(=O)OCc1ccccc1)NC(=O)C(CC=C)CC(=O)NC1(CO)CCCC1. The second-order valence-corrected chi connectivity index (χ2v) is 11.5. The third kappa shape index (κ3) is 14.7. The third-order valence-corrected chi connectivity index (χ3v) is 7.81. The lowest BCUT2D eigenvalue weighted by molar-refractivity contribution is -0.145. The summed E-state index contributed by atoms with van der Waals surface area (Å²) in [5, 5.41) is 18.5. The number of benzene rings is 1. The molecule has 2 unspecified atom stereocenters. The number of alkyl carbamates (subject to hydrolysis) is 1. The number of esters is 1. The van der Waals surface area contributed by atoms with Crippen LogP contribution in [0.4, 0.5) is 4.79 Å². The Balaban J connectivity index is 1.87. The van der Waals surface area contributed by atoms with Crippen LogP contribution < -0.4 is 16.0 Å². The minimum absolute atomic E-state index is 0.0131. The number of carbonyl (C=O) groups is 4. The first-order valence-electron chi connectivity index (χ1n) is 15.8. The molecule has 0 saturated heterocycles. The number of unbranched alkanes of at least 4 members (excludes halogenated alkanes) is 3. The highest BCUT2D eigenvalue weighted by Gasteiger charge is 2.35. The molecule has 2 rings (SSSR count). The van der Waals surface area contributed by atoms with E-state index in [4.69, 9.17) is 9.47 Å². The Morgan fingerprint density at radius 1 is 0.977 bits per heavy atom. The van der Waals surface area contributed by atoms with Crippen molar-refractivity contribution in [3.8, 4) is 0 Å². The fourth-order valence-corrected chi connectivity index (χ4v) is 5.25. The first-order chi connectivity index (χ1) is 21.3. The van der Waals surface area contributed by atoms with Crippen molar-refractivity contribution >= 4 is 23.9 Å². The van der Waals surface area contributed by atoms with Gasteiger partial charge in [-0.3, -0.25) is 14.4 Å². The normalized spacial score (nSPS) is 14.9. The standard InChI is InChI=1S/C34H51N3O7/c1-3-5-6-10-19-31(40)43-25-29(18-11-14-22-35-33(42)44-24-27-16-8-7-9-17-27)36-32(41)28(15-4-2)23-30(39)37-34(26-38)20-12-13-21-34/h3-4,7-9,16-17,28-29,38H,1-2,5-6,10-15,18-26H2,(H,35,42)(H,36,41)(H,37,39). The molecule has 244 valence electrons. The Labute approximate surface area is 262 Å². The molecular formula is C34H51N3O7. The van der Waals surface area contributed by atoms with Crippen molar-refractivity contribution in [1.82, 2.24) is 16.0 Å². The fraction of sp³-hybridized carbons (Fsp3) is 0.588. The van der Waals surface area contributed by atoms with E-state index in [2.05, 4.69) is 29.1 Å². The average molecular weight is 614 g/mol. The van der Waals surface area contributed by atoms with Gasteiger partial charge in [-0.05, 0) is 63.4 Å². The number of aliphatic hydroxyl groups is 1. The zero-order chi connectivity index (χ0) is 32.0. The van der Waals surface area contributed by atoms with Crippen LogP contribution in [0.2, 0.25) is 0 Å².